The van der Waals surface area contributed by atoms with E-state index in [0.29, 0.717) is 23.9 Å². The van der Waals surface area contributed by atoms with E-state index in [4.69, 9.17) is 5.73 Å². The highest BCUT2D eigenvalue weighted by atomic mass is 15.4. The number of rotatable bonds is 4. The van der Waals surface area contributed by atoms with Gasteiger partial charge >= 0.3 is 0 Å². The summed E-state index contributed by atoms with van der Waals surface area (Å²) in [5, 5.41) is 7.22. The molecule has 0 amide bonds. The molecule has 0 saturated heterocycles. The van der Waals surface area contributed by atoms with E-state index in [2.05, 4.69) is 37.3 Å². The quantitative estimate of drug-likeness (QED) is 0.795. The molecule has 2 atom stereocenters. The topological polar surface area (TPSA) is 107 Å². The number of nitrogens with two attached hydrogens (primary N) is 1. The van der Waals surface area contributed by atoms with Crippen molar-refractivity contribution in [2.75, 3.05) is 11.1 Å². The predicted octanol–water partition coefficient (Wildman–Crippen LogP) is 0.245. The summed E-state index contributed by atoms with van der Waals surface area (Å²) in [6.45, 7) is 2.18. The van der Waals surface area contributed by atoms with Crippen molar-refractivity contribution in [3.8, 4) is 5.95 Å². The van der Waals surface area contributed by atoms with Gasteiger partial charge in [-0.1, -0.05) is 13.3 Å². The fraction of sp³-hybridized carbons (Fsp3) is 0.500. The van der Waals surface area contributed by atoms with Crippen molar-refractivity contribution < 1.29 is 0 Å². The highest BCUT2D eigenvalue weighted by Gasteiger charge is 2.35. The first kappa shape index (κ1) is 10.9. The Bertz CT molecular complexity index is 537. The molecule has 0 bridgehead atoms. The van der Waals surface area contributed by atoms with Crippen LogP contribution in [0.2, 0.25) is 0 Å². The van der Waals surface area contributed by atoms with Crippen LogP contribution < -0.4 is 11.1 Å². The molecule has 0 spiro atoms. The van der Waals surface area contributed by atoms with E-state index in [1.807, 2.05) is 0 Å². The number of hydrogen-bond donors (Lipinski definition) is 2. The molecular weight excluding hydrogens is 232 g/mol. The lowest BCUT2D eigenvalue weighted by Gasteiger charge is -2.06. The molecular formula is C10H14N8. The summed E-state index contributed by atoms with van der Waals surface area (Å²) in [5.41, 5.74) is 5.67. The second kappa shape index (κ2) is 4.21. The Balaban J connectivity index is 1.83. The average molecular weight is 246 g/mol. The van der Waals surface area contributed by atoms with Gasteiger partial charge in [-0.2, -0.15) is 24.7 Å². The van der Waals surface area contributed by atoms with E-state index in [0.717, 1.165) is 12.8 Å². The van der Waals surface area contributed by atoms with Crippen LogP contribution in [0.5, 0.6) is 0 Å². The van der Waals surface area contributed by atoms with Gasteiger partial charge in [0.05, 0.1) is 0 Å². The standard InChI is InChI=1S/C10H14N8/c1-2-6-3-7(6)14-9-15-8(11)16-10(17-9)18-5-12-4-13-18/h4-7H,2-3H2,1H3,(H3,11,14,15,16,17). The van der Waals surface area contributed by atoms with Crippen LogP contribution in [0.4, 0.5) is 11.9 Å². The summed E-state index contributed by atoms with van der Waals surface area (Å²) in [7, 11) is 0. The van der Waals surface area contributed by atoms with Gasteiger partial charge in [0.25, 0.3) is 5.95 Å². The third kappa shape index (κ3) is 2.08. The average Bonchev–Trinajstić information content (AvgIpc) is 2.89. The molecule has 1 aliphatic rings. The van der Waals surface area contributed by atoms with Gasteiger partial charge in [-0.25, -0.2) is 4.98 Å². The molecule has 1 fully saturated rings. The van der Waals surface area contributed by atoms with Crippen LogP contribution in [-0.2, 0) is 0 Å². The minimum atomic E-state index is 0.173. The maximum Gasteiger partial charge on any atom is 0.258 e. The Morgan fingerprint density at radius 1 is 1.44 bits per heavy atom. The third-order valence-electron chi connectivity index (χ3n) is 3.03. The Labute approximate surface area is 104 Å². The predicted molar refractivity (Wildman–Crippen MR) is 65.0 cm³/mol. The maximum absolute atomic E-state index is 5.67. The first-order valence-electron chi connectivity index (χ1n) is 5.89. The zero-order valence-corrected chi connectivity index (χ0v) is 9.98. The minimum Gasteiger partial charge on any atom is -0.368 e. The molecule has 0 radical (unpaired) electrons. The van der Waals surface area contributed by atoms with Crippen LogP contribution >= 0.6 is 0 Å². The second-order valence-electron chi connectivity index (χ2n) is 4.31. The summed E-state index contributed by atoms with van der Waals surface area (Å²) < 4.78 is 1.45. The van der Waals surface area contributed by atoms with Gasteiger partial charge in [0.1, 0.15) is 12.7 Å². The van der Waals surface area contributed by atoms with E-state index in [9.17, 15) is 0 Å². The van der Waals surface area contributed by atoms with E-state index in [1.54, 1.807) is 0 Å². The van der Waals surface area contributed by atoms with Crippen LogP contribution in [0.3, 0.4) is 0 Å². The molecule has 2 heterocycles. The molecule has 18 heavy (non-hydrogen) atoms. The summed E-state index contributed by atoms with van der Waals surface area (Å²) >= 11 is 0. The highest BCUT2D eigenvalue weighted by molar-refractivity contribution is 5.37. The lowest BCUT2D eigenvalue weighted by atomic mass is 10.3. The van der Waals surface area contributed by atoms with E-state index in [1.165, 1.54) is 17.3 Å². The number of nitrogens with one attached hydrogen (secondary N) is 1. The zero-order chi connectivity index (χ0) is 12.5. The summed E-state index contributed by atoms with van der Waals surface area (Å²) in [6.07, 6.45) is 5.25. The fourth-order valence-electron chi connectivity index (χ4n) is 1.90. The van der Waals surface area contributed by atoms with Crippen molar-refractivity contribution in [2.45, 2.75) is 25.8 Å². The second-order valence-corrected chi connectivity index (χ2v) is 4.31. The van der Waals surface area contributed by atoms with Gasteiger partial charge in [-0.15, -0.1) is 0 Å². The van der Waals surface area contributed by atoms with Crippen molar-refractivity contribution in [3.05, 3.63) is 12.7 Å². The molecule has 2 aromatic rings. The third-order valence-corrected chi connectivity index (χ3v) is 3.03. The van der Waals surface area contributed by atoms with Gasteiger partial charge in [0, 0.05) is 6.04 Å². The first-order valence-corrected chi connectivity index (χ1v) is 5.89. The molecule has 0 aromatic carbocycles. The van der Waals surface area contributed by atoms with Gasteiger partial charge in [-0.3, -0.25) is 0 Å². The van der Waals surface area contributed by atoms with Crippen LogP contribution in [-0.4, -0.2) is 35.8 Å². The number of aromatic nitrogens is 6. The van der Waals surface area contributed by atoms with Crippen LogP contribution in [0.1, 0.15) is 19.8 Å². The number of nitrogens with zero attached hydrogens (tertiary/aromatic N) is 6. The monoisotopic (exact) mass is 246 g/mol. The molecule has 94 valence electrons. The van der Waals surface area contributed by atoms with Crippen LogP contribution in [0.15, 0.2) is 12.7 Å². The van der Waals surface area contributed by atoms with E-state index < -0.39 is 0 Å². The first-order chi connectivity index (χ1) is 8.76. The van der Waals surface area contributed by atoms with Crippen molar-refractivity contribution in [3.63, 3.8) is 0 Å². The molecule has 8 heteroatoms. The summed E-state index contributed by atoms with van der Waals surface area (Å²) in [5.74, 6) is 1.75. The van der Waals surface area contributed by atoms with Gasteiger partial charge < -0.3 is 11.1 Å². The summed E-state index contributed by atoms with van der Waals surface area (Å²) in [6, 6.07) is 0.445. The lowest BCUT2D eigenvalue weighted by molar-refractivity contribution is 0.764. The maximum atomic E-state index is 5.67. The van der Waals surface area contributed by atoms with Crippen LogP contribution in [0, 0.1) is 5.92 Å². The minimum absolute atomic E-state index is 0.173. The van der Waals surface area contributed by atoms with Gasteiger partial charge in [0.2, 0.25) is 11.9 Å². The molecule has 0 aliphatic heterocycles. The number of anilines is 2. The largest absolute Gasteiger partial charge is 0.368 e. The fourth-order valence-corrected chi connectivity index (χ4v) is 1.90. The molecule has 1 aliphatic carbocycles. The van der Waals surface area contributed by atoms with Crippen molar-refractivity contribution in [1.82, 2.24) is 29.7 Å². The molecule has 2 aromatic heterocycles. The Morgan fingerprint density at radius 3 is 3.00 bits per heavy atom. The normalized spacial score (nSPS) is 21.8. The van der Waals surface area contributed by atoms with Gasteiger partial charge in [-0.05, 0) is 12.3 Å². The Hall–Kier alpha value is -2.25. The Morgan fingerprint density at radius 2 is 2.33 bits per heavy atom. The van der Waals surface area contributed by atoms with Crippen LogP contribution in [0.25, 0.3) is 5.95 Å². The zero-order valence-electron chi connectivity index (χ0n) is 9.98. The SMILES string of the molecule is CCC1CC1Nc1nc(N)nc(-n2cncn2)n1. The van der Waals surface area contributed by atoms with Crippen molar-refractivity contribution >= 4 is 11.9 Å². The van der Waals surface area contributed by atoms with E-state index in [-0.39, 0.29) is 5.95 Å². The lowest BCUT2D eigenvalue weighted by Crippen LogP contribution is -2.13. The Kier molecular flexibility index (Phi) is 2.54. The van der Waals surface area contributed by atoms with Gasteiger partial charge in [0.15, 0.2) is 0 Å². The molecule has 2 unspecified atom stereocenters. The van der Waals surface area contributed by atoms with Crippen molar-refractivity contribution in [2.24, 2.45) is 5.92 Å². The smallest absolute Gasteiger partial charge is 0.258 e. The summed E-state index contributed by atoms with van der Waals surface area (Å²) in [4.78, 5) is 16.2. The molecule has 3 rings (SSSR count). The van der Waals surface area contributed by atoms with Crippen molar-refractivity contribution in [1.29, 1.82) is 0 Å². The van der Waals surface area contributed by atoms with E-state index >= 15 is 0 Å². The number of nitrogen functional groups attached to an aromatic ring is 1. The molecule has 1 saturated carbocycles. The molecule has 8 nitrogen and oxygen atoms in total. The number of hydrogen-bond acceptors (Lipinski definition) is 7. The highest BCUT2D eigenvalue weighted by Crippen LogP contribution is 2.35. The molecule has 3 N–H and O–H groups in total.